The van der Waals surface area contributed by atoms with Gasteiger partial charge in [-0.1, -0.05) is 24.3 Å². The van der Waals surface area contributed by atoms with E-state index in [0.717, 1.165) is 6.42 Å². The normalized spacial score (nSPS) is 15.4. The fraction of sp³-hybridized carbons (Fsp3) is 0.231. The van der Waals surface area contributed by atoms with Gasteiger partial charge in [-0.2, -0.15) is 0 Å². The van der Waals surface area contributed by atoms with Gasteiger partial charge in [0.05, 0.1) is 0 Å². The molecule has 0 saturated carbocycles. The van der Waals surface area contributed by atoms with Gasteiger partial charge in [-0.3, -0.25) is 4.98 Å². The third kappa shape index (κ3) is 1.12. The number of pyridine rings is 1. The summed E-state index contributed by atoms with van der Waals surface area (Å²) in [6.45, 7) is 0. The van der Waals surface area contributed by atoms with E-state index in [2.05, 4.69) is 35.7 Å². The molecule has 0 amide bonds. The maximum absolute atomic E-state index is 4.52. The maximum atomic E-state index is 4.52. The Morgan fingerprint density at radius 2 is 2.07 bits per heavy atom. The Morgan fingerprint density at radius 1 is 1.14 bits per heavy atom. The first-order valence-electron chi connectivity index (χ1n) is 5.15. The van der Waals surface area contributed by atoms with Crippen LogP contribution in [0, 0.1) is 6.42 Å². The van der Waals surface area contributed by atoms with Gasteiger partial charge in [0.25, 0.3) is 0 Å². The minimum absolute atomic E-state index is 1.14. The quantitative estimate of drug-likeness (QED) is 0.610. The molecule has 1 radical (unpaired) electrons. The Bertz CT molecular complexity index is 474. The standard InChI is InChI=1S/C13H12N/c1-2-6-11-10(5-1)9-14-13-8-4-3-7-12(11)13/h1-2,5-7,9H,3-4,8H2. The molecule has 0 aliphatic heterocycles. The largest absolute Gasteiger partial charge is 0.260 e. The van der Waals surface area contributed by atoms with Crippen LogP contribution in [-0.4, -0.2) is 4.98 Å². The summed E-state index contributed by atoms with van der Waals surface area (Å²) in [7, 11) is 0. The summed E-state index contributed by atoms with van der Waals surface area (Å²) in [6, 6.07) is 8.49. The van der Waals surface area contributed by atoms with Crippen molar-refractivity contribution in [2.75, 3.05) is 0 Å². The number of hydrogen-bond acceptors (Lipinski definition) is 1. The summed E-state index contributed by atoms with van der Waals surface area (Å²) >= 11 is 0. The molecule has 2 aromatic rings. The zero-order valence-corrected chi connectivity index (χ0v) is 8.03. The first kappa shape index (κ1) is 7.98. The zero-order valence-electron chi connectivity index (χ0n) is 8.03. The Hall–Kier alpha value is -1.37. The van der Waals surface area contributed by atoms with Crippen molar-refractivity contribution in [3.8, 4) is 0 Å². The fourth-order valence-electron chi connectivity index (χ4n) is 2.17. The fourth-order valence-corrected chi connectivity index (χ4v) is 2.17. The predicted octanol–water partition coefficient (Wildman–Crippen LogP) is 3.12. The Kier molecular flexibility index (Phi) is 1.76. The van der Waals surface area contributed by atoms with Crippen molar-refractivity contribution in [2.45, 2.75) is 19.3 Å². The van der Waals surface area contributed by atoms with Gasteiger partial charge < -0.3 is 0 Å². The minimum Gasteiger partial charge on any atom is -0.260 e. The average Bonchev–Trinajstić information content (AvgIpc) is 2.29. The summed E-state index contributed by atoms with van der Waals surface area (Å²) in [5.41, 5.74) is 2.64. The Balaban J connectivity index is 2.34. The van der Waals surface area contributed by atoms with Gasteiger partial charge in [0.2, 0.25) is 0 Å². The van der Waals surface area contributed by atoms with Crippen LogP contribution in [0.3, 0.4) is 0 Å². The van der Waals surface area contributed by atoms with E-state index in [1.807, 2.05) is 6.20 Å². The lowest BCUT2D eigenvalue weighted by molar-refractivity contribution is 0.755. The summed E-state index contributed by atoms with van der Waals surface area (Å²) in [5, 5.41) is 2.61. The Labute approximate surface area is 83.8 Å². The molecule has 3 rings (SSSR count). The minimum atomic E-state index is 1.14. The first-order chi connectivity index (χ1) is 6.95. The number of nitrogens with zero attached hydrogens (tertiary/aromatic N) is 1. The molecular weight excluding hydrogens is 170 g/mol. The molecule has 14 heavy (non-hydrogen) atoms. The number of rotatable bonds is 0. The highest BCUT2D eigenvalue weighted by Gasteiger charge is 2.12. The van der Waals surface area contributed by atoms with Gasteiger partial charge >= 0.3 is 0 Å². The lowest BCUT2D eigenvalue weighted by Gasteiger charge is -2.16. The van der Waals surface area contributed by atoms with Crippen LogP contribution in [0.2, 0.25) is 0 Å². The molecule has 0 spiro atoms. The van der Waals surface area contributed by atoms with E-state index in [9.17, 15) is 0 Å². The van der Waals surface area contributed by atoms with Crippen LogP contribution in [0.1, 0.15) is 24.1 Å². The van der Waals surface area contributed by atoms with Crippen molar-refractivity contribution in [3.05, 3.63) is 48.1 Å². The molecule has 1 aliphatic rings. The molecule has 0 N–H and O–H groups in total. The first-order valence-corrected chi connectivity index (χ1v) is 5.15. The van der Waals surface area contributed by atoms with Crippen LogP contribution >= 0.6 is 0 Å². The average molecular weight is 182 g/mol. The summed E-state index contributed by atoms with van der Waals surface area (Å²) in [4.78, 5) is 4.52. The highest BCUT2D eigenvalue weighted by Crippen LogP contribution is 2.27. The van der Waals surface area contributed by atoms with Gasteiger partial charge in [0, 0.05) is 17.3 Å². The van der Waals surface area contributed by atoms with Crippen LogP contribution in [0.15, 0.2) is 30.5 Å². The second-order valence-corrected chi connectivity index (χ2v) is 3.80. The van der Waals surface area contributed by atoms with Crippen molar-refractivity contribution in [2.24, 2.45) is 0 Å². The van der Waals surface area contributed by atoms with Crippen molar-refractivity contribution in [1.29, 1.82) is 0 Å². The van der Waals surface area contributed by atoms with Gasteiger partial charge in [-0.25, -0.2) is 0 Å². The number of fused-ring (bicyclic) bond motifs is 3. The van der Waals surface area contributed by atoms with Crippen molar-refractivity contribution in [1.82, 2.24) is 4.98 Å². The van der Waals surface area contributed by atoms with Gasteiger partial charge in [0.1, 0.15) is 0 Å². The lowest BCUT2D eigenvalue weighted by Crippen LogP contribution is -2.03. The topological polar surface area (TPSA) is 12.9 Å². The molecule has 0 saturated heterocycles. The monoisotopic (exact) mass is 182 g/mol. The third-order valence-corrected chi connectivity index (χ3v) is 2.89. The van der Waals surface area contributed by atoms with E-state index in [-0.39, 0.29) is 0 Å². The molecule has 0 fully saturated rings. The second kappa shape index (κ2) is 3.09. The van der Waals surface area contributed by atoms with Crippen LogP contribution in [0.5, 0.6) is 0 Å². The molecule has 1 nitrogen and oxygen atoms in total. The summed E-state index contributed by atoms with van der Waals surface area (Å²) < 4.78 is 0. The number of aromatic nitrogens is 1. The van der Waals surface area contributed by atoms with Gasteiger partial charge in [-0.15, -0.1) is 0 Å². The lowest BCUT2D eigenvalue weighted by atomic mass is 9.92. The van der Waals surface area contributed by atoms with E-state index < -0.39 is 0 Å². The third-order valence-electron chi connectivity index (χ3n) is 2.89. The smallest absolute Gasteiger partial charge is 0.0445 e. The van der Waals surface area contributed by atoms with Crippen LogP contribution in [0.25, 0.3) is 10.8 Å². The summed E-state index contributed by atoms with van der Waals surface area (Å²) in [5.74, 6) is 0. The van der Waals surface area contributed by atoms with Crippen LogP contribution in [0.4, 0.5) is 0 Å². The van der Waals surface area contributed by atoms with Crippen molar-refractivity contribution in [3.63, 3.8) is 0 Å². The predicted molar refractivity (Wildman–Crippen MR) is 58.1 cm³/mol. The molecule has 1 aromatic carbocycles. The molecular formula is C13H12N. The molecule has 0 unspecified atom stereocenters. The number of hydrogen-bond donors (Lipinski definition) is 0. The second-order valence-electron chi connectivity index (χ2n) is 3.80. The highest BCUT2D eigenvalue weighted by molar-refractivity contribution is 5.86. The zero-order chi connectivity index (χ0) is 9.38. The molecule has 0 atom stereocenters. The molecule has 0 bridgehead atoms. The molecule has 1 aliphatic carbocycles. The summed E-state index contributed by atoms with van der Waals surface area (Å²) in [6.07, 6.45) is 7.90. The van der Waals surface area contributed by atoms with E-state index in [1.54, 1.807) is 0 Å². The number of benzene rings is 1. The Morgan fingerprint density at radius 3 is 3.07 bits per heavy atom. The SMILES string of the molecule is [CH]1CCCc2ncc3ccccc3c21. The van der Waals surface area contributed by atoms with Crippen LogP contribution in [-0.2, 0) is 6.42 Å². The van der Waals surface area contributed by atoms with Crippen molar-refractivity contribution >= 4 is 10.8 Å². The van der Waals surface area contributed by atoms with Gasteiger partial charge in [0.15, 0.2) is 0 Å². The van der Waals surface area contributed by atoms with E-state index in [0.29, 0.717) is 0 Å². The molecule has 1 aromatic heterocycles. The van der Waals surface area contributed by atoms with E-state index in [1.165, 1.54) is 34.9 Å². The molecule has 69 valence electrons. The van der Waals surface area contributed by atoms with Crippen molar-refractivity contribution < 1.29 is 0 Å². The molecule has 1 heterocycles. The van der Waals surface area contributed by atoms with Crippen LogP contribution < -0.4 is 0 Å². The van der Waals surface area contributed by atoms with E-state index >= 15 is 0 Å². The highest BCUT2D eigenvalue weighted by atomic mass is 14.7. The number of aryl methyl sites for hydroxylation is 1. The van der Waals surface area contributed by atoms with E-state index in [4.69, 9.17) is 0 Å². The van der Waals surface area contributed by atoms with Gasteiger partial charge in [-0.05, 0) is 36.6 Å². The molecule has 1 heteroatoms. The maximum Gasteiger partial charge on any atom is 0.0445 e.